The molecule has 9 heteroatoms. The number of pyridine rings is 1. The number of aryl methyl sites for hydroxylation is 1. The molecule has 0 saturated carbocycles. The molecule has 0 radical (unpaired) electrons. The zero-order valence-corrected chi connectivity index (χ0v) is 14.6. The molecule has 0 aliphatic carbocycles. The molecule has 1 fully saturated rings. The summed E-state index contributed by atoms with van der Waals surface area (Å²) < 4.78 is 37.7. The van der Waals surface area contributed by atoms with Crippen LogP contribution in [0.15, 0.2) is 24.5 Å². The first-order chi connectivity index (χ1) is 11.4. The first kappa shape index (κ1) is 19.5. The van der Waals surface area contributed by atoms with E-state index >= 15 is 0 Å². The monoisotopic (exact) mass is 375 g/mol. The van der Waals surface area contributed by atoms with E-state index in [0.29, 0.717) is 11.9 Å². The Bertz CT molecular complexity index is 663. The van der Waals surface area contributed by atoms with Crippen LogP contribution in [0.25, 0.3) is 0 Å². The van der Waals surface area contributed by atoms with E-state index in [-0.39, 0.29) is 12.4 Å². The Balaban J connectivity index is 0.00000225. The van der Waals surface area contributed by atoms with Crippen molar-refractivity contribution in [1.82, 2.24) is 20.5 Å². The lowest BCUT2D eigenvalue weighted by Gasteiger charge is -2.33. The number of hydrogen-bond donors (Lipinski definition) is 2. The summed E-state index contributed by atoms with van der Waals surface area (Å²) in [5.74, 6) is 0.604. The number of hydrogen-bond acceptors (Lipinski definition) is 4. The first-order valence-electron chi connectivity index (χ1n) is 7.94. The van der Waals surface area contributed by atoms with Crippen LogP contribution in [0.3, 0.4) is 0 Å². The number of halogens is 4. The summed E-state index contributed by atoms with van der Waals surface area (Å²) in [6.07, 6.45) is 0.248. The maximum absolute atomic E-state index is 12.6. The van der Waals surface area contributed by atoms with Gasteiger partial charge in [-0.05, 0) is 31.9 Å². The van der Waals surface area contributed by atoms with Crippen LogP contribution >= 0.6 is 12.4 Å². The van der Waals surface area contributed by atoms with E-state index in [1.807, 2.05) is 18.0 Å². The fourth-order valence-electron chi connectivity index (χ4n) is 2.86. The molecule has 3 rings (SSSR count). The molecule has 2 aromatic rings. The van der Waals surface area contributed by atoms with Crippen LogP contribution in [0, 0.1) is 6.92 Å². The number of piperidine rings is 1. The molecule has 0 unspecified atom stereocenters. The summed E-state index contributed by atoms with van der Waals surface area (Å²) in [7, 11) is 0. The van der Waals surface area contributed by atoms with Gasteiger partial charge in [0, 0.05) is 43.1 Å². The molecule has 0 spiro atoms. The average Bonchev–Trinajstić information content (AvgIpc) is 2.98. The number of anilines is 1. The minimum atomic E-state index is -4.34. The Hall–Kier alpha value is -1.80. The summed E-state index contributed by atoms with van der Waals surface area (Å²) in [5, 5.41) is 10.4. The molecular formula is C16H21ClF3N5. The van der Waals surface area contributed by atoms with Crippen molar-refractivity contribution >= 4 is 18.2 Å². The van der Waals surface area contributed by atoms with E-state index in [9.17, 15) is 13.2 Å². The van der Waals surface area contributed by atoms with E-state index < -0.39 is 11.7 Å². The lowest BCUT2D eigenvalue weighted by Crippen LogP contribution is -2.42. The Kier molecular flexibility index (Phi) is 6.29. The zero-order valence-electron chi connectivity index (χ0n) is 13.8. The van der Waals surface area contributed by atoms with Gasteiger partial charge in [0.05, 0.1) is 11.8 Å². The molecule has 5 nitrogen and oxygen atoms in total. The molecule has 0 bridgehead atoms. The van der Waals surface area contributed by atoms with Crippen molar-refractivity contribution < 1.29 is 13.2 Å². The van der Waals surface area contributed by atoms with Crippen LogP contribution in [0.2, 0.25) is 0 Å². The molecule has 1 aliphatic heterocycles. The third-order valence-corrected chi connectivity index (χ3v) is 4.41. The minimum Gasteiger partial charge on any atom is -0.357 e. The molecule has 2 aromatic heterocycles. The zero-order chi connectivity index (χ0) is 17.2. The highest BCUT2D eigenvalue weighted by Gasteiger charge is 2.31. The van der Waals surface area contributed by atoms with Crippen molar-refractivity contribution in [2.24, 2.45) is 0 Å². The summed E-state index contributed by atoms with van der Waals surface area (Å²) >= 11 is 0. The Morgan fingerprint density at radius 3 is 2.48 bits per heavy atom. The van der Waals surface area contributed by atoms with Crippen molar-refractivity contribution in [3.63, 3.8) is 0 Å². The second-order valence-corrected chi connectivity index (χ2v) is 6.07. The number of H-pyrrole nitrogens is 1. The normalized spacial score (nSPS) is 15.9. The lowest BCUT2D eigenvalue weighted by atomic mass is 10.0. The number of nitrogens with zero attached hydrogens (tertiary/aromatic N) is 3. The van der Waals surface area contributed by atoms with Crippen molar-refractivity contribution in [2.45, 2.75) is 38.5 Å². The van der Waals surface area contributed by atoms with Gasteiger partial charge < -0.3 is 10.2 Å². The summed E-state index contributed by atoms with van der Waals surface area (Å²) in [6, 6.07) is 2.93. The van der Waals surface area contributed by atoms with Crippen molar-refractivity contribution in [2.75, 3.05) is 18.0 Å². The number of aromatic amines is 1. The highest BCUT2D eigenvalue weighted by Crippen LogP contribution is 2.29. The van der Waals surface area contributed by atoms with E-state index in [2.05, 4.69) is 20.5 Å². The Morgan fingerprint density at radius 1 is 1.24 bits per heavy atom. The van der Waals surface area contributed by atoms with Gasteiger partial charge >= 0.3 is 6.18 Å². The Morgan fingerprint density at radius 2 is 1.96 bits per heavy atom. The highest BCUT2D eigenvalue weighted by atomic mass is 35.5. The van der Waals surface area contributed by atoms with Crippen LogP contribution < -0.4 is 10.2 Å². The van der Waals surface area contributed by atoms with Gasteiger partial charge in [0.2, 0.25) is 0 Å². The van der Waals surface area contributed by atoms with Crippen LogP contribution in [0.5, 0.6) is 0 Å². The molecule has 1 saturated heterocycles. The van der Waals surface area contributed by atoms with Gasteiger partial charge in [-0.3, -0.25) is 5.10 Å². The minimum absolute atomic E-state index is 0. The molecule has 3 heterocycles. The molecule has 138 valence electrons. The van der Waals surface area contributed by atoms with Gasteiger partial charge in [-0.15, -0.1) is 12.4 Å². The molecule has 1 aliphatic rings. The number of nitrogens with one attached hydrogen (secondary N) is 2. The van der Waals surface area contributed by atoms with Crippen molar-refractivity contribution in [3.8, 4) is 0 Å². The second-order valence-electron chi connectivity index (χ2n) is 6.07. The van der Waals surface area contributed by atoms with Crippen LogP contribution in [-0.2, 0) is 12.7 Å². The summed E-state index contributed by atoms with van der Waals surface area (Å²) in [6.45, 7) is 4.31. The molecule has 0 atom stereocenters. The average molecular weight is 376 g/mol. The van der Waals surface area contributed by atoms with Gasteiger partial charge in [0.1, 0.15) is 5.82 Å². The van der Waals surface area contributed by atoms with E-state index in [4.69, 9.17) is 0 Å². The lowest BCUT2D eigenvalue weighted by molar-refractivity contribution is -0.137. The maximum atomic E-state index is 12.6. The molecule has 25 heavy (non-hydrogen) atoms. The topological polar surface area (TPSA) is 56.8 Å². The predicted molar refractivity (Wildman–Crippen MR) is 91.9 cm³/mol. The first-order valence-corrected chi connectivity index (χ1v) is 7.94. The number of rotatable bonds is 4. The summed E-state index contributed by atoms with van der Waals surface area (Å²) in [5.41, 5.74) is 1.51. The standard InChI is InChI=1S/C16H20F3N5.ClH/c1-11-12(9-22-23-11)8-20-14-4-6-24(7-5-14)15-3-2-13(10-21-15)16(17,18)19;/h2-3,9-10,14,20H,4-8H2,1H3,(H,22,23);1H. The van der Waals surface area contributed by atoms with Gasteiger partial charge in [-0.2, -0.15) is 18.3 Å². The van der Waals surface area contributed by atoms with Crippen molar-refractivity contribution in [3.05, 3.63) is 41.3 Å². The molecule has 2 N–H and O–H groups in total. The predicted octanol–water partition coefficient (Wildman–Crippen LogP) is 3.31. The Labute approximate surface area is 150 Å². The van der Waals surface area contributed by atoms with Crippen molar-refractivity contribution in [1.29, 1.82) is 0 Å². The van der Waals surface area contributed by atoms with Crippen LogP contribution in [0.1, 0.15) is 29.7 Å². The second kappa shape index (κ2) is 8.05. The highest BCUT2D eigenvalue weighted by molar-refractivity contribution is 5.85. The van der Waals surface area contributed by atoms with Gasteiger partial charge in [-0.1, -0.05) is 0 Å². The van der Waals surface area contributed by atoms with E-state index in [1.165, 1.54) is 6.07 Å². The fourth-order valence-corrected chi connectivity index (χ4v) is 2.86. The van der Waals surface area contributed by atoms with E-state index in [1.54, 1.807) is 0 Å². The SMILES string of the molecule is Cc1[nH]ncc1CNC1CCN(c2ccc(C(F)(F)F)cn2)CC1.Cl. The quantitative estimate of drug-likeness (QED) is 0.860. The van der Waals surface area contributed by atoms with E-state index in [0.717, 1.165) is 56.0 Å². The largest absolute Gasteiger partial charge is 0.417 e. The molecule has 0 amide bonds. The van der Waals surface area contributed by atoms with Crippen LogP contribution in [-0.4, -0.2) is 34.3 Å². The van der Waals surface area contributed by atoms with Gasteiger partial charge in [0.25, 0.3) is 0 Å². The maximum Gasteiger partial charge on any atom is 0.417 e. The molecule has 0 aromatic carbocycles. The number of alkyl halides is 3. The smallest absolute Gasteiger partial charge is 0.357 e. The van der Waals surface area contributed by atoms with Crippen LogP contribution in [0.4, 0.5) is 19.0 Å². The third-order valence-electron chi connectivity index (χ3n) is 4.41. The van der Waals surface area contributed by atoms with Gasteiger partial charge in [0.15, 0.2) is 0 Å². The third kappa shape index (κ3) is 4.85. The van der Waals surface area contributed by atoms with Gasteiger partial charge in [-0.25, -0.2) is 4.98 Å². The fraction of sp³-hybridized carbons (Fsp3) is 0.500. The number of aromatic nitrogens is 3. The molecular weight excluding hydrogens is 355 g/mol. The summed E-state index contributed by atoms with van der Waals surface area (Å²) in [4.78, 5) is 5.99.